The molecule has 0 N–H and O–H groups in total. The molecule has 0 radical (unpaired) electrons. The van der Waals surface area contributed by atoms with E-state index in [9.17, 15) is 8.42 Å². The van der Waals surface area contributed by atoms with Gasteiger partial charge in [-0.2, -0.15) is 0 Å². The minimum atomic E-state index is -3.09. The minimum absolute atomic E-state index is 0.0972. The van der Waals surface area contributed by atoms with Gasteiger partial charge in [0.15, 0.2) is 0 Å². The number of para-hydroxylation sites is 1. The van der Waals surface area contributed by atoms with Gasteiger partial charge in [0.2, 0.25) is 10.0 Å². The van der Waals surface area contributed by atoms with E-state index in [1.54, 1.807) is 17.7 Å². The van der Waals surface area contributed by atoms with Crippen LogP contribution < -0.4 is 4.90 Å². The molecule has 128 valence electrons. The lowest BCUT2D eigenvalue weighted by Gasteiger charge is -2.37. The lowest BCUT2D eigenvalue weighted by molar-refractivity contribution is 0.311. The fraction of sp³-hybridized carbons (Fsp3) is 0.529. The molecule has 7 heteroatoms. The molecule has 24 heavy (non-hydrogen) atoms. The molecule has 0 bridgehead atoms. The van der Waals surface area contributed by atoms with Crippen LogP contribution >= 0.6 is 0 Å². The number of rotatable bonds is 4. The topological polar surface area (TPSA) is 66.4 Å². The third-order valence-corrected chi connectivity index (χ3v) is 7.56. The van der Waals surface area contributed by atoms with Gasteiger partial charge >= 0.3 is 0 Å². The van der Waals surface area contributed by atoms with E-state index in [0.717, 1.165) is 55.5 Å². The van der Waals surface area contributed by atoms with Gasteiger partial charge in [-0.15, -0.1) is 0 Å². The Morgan fingerprint density at radius 1 is 1.08 bits per heavy atom. The number of fused-ring (bicyclic) bond motifs is 1. The average Bonchev–Trinajstić information content (AvgIpc) is 3.46. The first kappa shape index (κ1) is 15.8. The monoisotopic (exact) mass is 346 g/mol. The van der Waals surface area contributed by atoms with Gasteiger partial charge in [0.1, 0.15) is 12.1 Å². The molecule has 1 saturated carbocycles. The number of piperidine rings is 1. The summed E-state index contributed by atoms with van der Waals surface area (Å²) in [5.74, 6) is 0.951. The van der Waals surface area contributed by atoms with Crippen molar-refractivity contribution in [3.8, 4) is 0 Å². The molecule has 1 aliphatic carbocycles. The van der Waals surface area contributed by atoms with Crippen molar-refractivity contribution < 1.29 is 8.42 Å². The normalized spacial score (nSPS) is 20.0. The maximum absolute atomic E-state index is 12.4. The fourth-order valence-electron chi connectivity index (χ4n) is 3.49. The SMILES string of the molecule is CN(C1CCN(c2ncnc3ccccc23)CC1)S(=O)(=O)C1CC1. The minimum Gasteiger partial charge on any atom is -0.356 e. The van der Waals surface area contributed by atoms with Crippen molar-refractivity contribution in [1.29, 1.82) is 0 Å². The van der Waals surface area contributed by atoms with E-state index in [-0.39, 0.29) is 11.3 Å². The van der Waals surface area contributed by atoms with Crippen LogP contribution in [0, 0.1) is 0 Å². The Balaban J connectivity index is 1.50. The van der Waals surface area contributed by atoms with E-state index in [2.05, 4.69) is 14.9 Å². The third kappa shape index (κ3) is 2.75. The Hall–Kier alpha value is -1.73. The van der Waals surface area contributed by atoms with Gasteiger partial charge in [0.05, 0.1) is 10.8 Å². The summed E-state index contributed by atoms with van der Waals surface area (Å²) in [5, 5.41) is 0.920. The fourth-order valence-corrected chi connectivity index (χ4v) is 5.32. The van der Waals surface area contributed by atoms with Crippen LogP contribution in [0.25, 0.3) is 10.9 Å². The molecule has 2 heterocycles. The summed E-state index contributed by atoms with van der Waals surface area (Å²) in [4.78, 5) is 11.0. The number of aromatic nitrogens is 2. The number of hydrogen-bond donors (Lipinski definition) is 0. The molecule has 0 atom stereocenters. The number of sulfonamides is 1. The van der Waals surface area contributed by atoms with E-state index in [4.69, 9.17) is 0 Å². The number of anilines is 1. The zero-order chi connectivity index (χ0) is 16.7. The molecule has 1 aliphatic heterocycles. The summed E-state index contributed by atoms with van der Waals surface area (Å²) >= 11 is 0. The van der Waals surface area contributed by atoms with Crippen molar-refractivity contribution >= 4 is 26.7 Å². The van der Waals surface area contributed by atoms with Crippen molar-refractivity contribution in [3.05, 3.63) is 30.6 Å². The summed E-state index contributed by atoms with van der Waals surface area (Å²) in [5.41, 5.74) is 0.943. The largest absolute Gasteiger partial charge is 0.356 e. The summed E-state index contributed by atoms with van der Waals surface area (Å²) in [6.45, 7) is 1.63. The Bertz CT molecular complexity index is 837. The van der Waals surface area contributed by atoms with Crippen LogP contribution in [0.4, 0.5) is 5.82 Å². The Morgan fingerprint density at radius 3 is 2.50 bits per heavy atom. The van der Waals surface area contributed by atoms with Gasteiger partial charge in [-0.3, -0.25) is 0 Å². The lowest BCUT2D eigenvalue weighted by atomic mass is 10.0. The highest BCUT2D eigenvalue weighted by atomic mass is 32.2. The Labute approximate surface area is 142 Å². The van der Waals surface area contributed by atoms with Crippen LogP contribution in [0.2, 0.25) is 0 Å². The summed E-state index contributed by atoms with van der Waals surface area (Å²) < 4.78 is 26.4. The van der Waals surface area contributed by atoms with Gasteiger partial charge in [0.25, 0.3) is 0 Å². The van der Waals surface area contributed by atoms with Crippen LogP contribution in [-0.4, -0.2) is 54.1 Å². The maximum atomic E-state index is 12.4. The molecular weight excluding hydrogens is 324 g/mol. The van der Waals surface area contributed by atoms with Crippen molar-refractivity contribution in [2.45, 2.75) is 37.0 Å². The Morgan fingerprint density at radius 2 is 1.79 bits per heavy atom. The van der Waals surface area contributed by atoms with Crippen LogP contribution in [0.3, 0.4) is 0 Å². The van der Waals surface area contributed by atoms with Gasteiger partial charge in [-0.25, -0.2) is 22.7 Å². The number of benzene rings is 1. The molecule has 6 nitrogen and oxygen atoms in total. The van der Waals surface area contributed by atoms with Gasteiger partial charge in [0, 0.05) is 31.6 Å². The molecule has 1 saturated heterocycles. The first-order chi connectivity index (χ1) is 11.6. The summed E-state index contributed by atoms with van der Waals surface area (Å²) in [7, 11) is -1.35. The first-order valence-electron chi connectivity index (χ1n) is 8.49. The smallest absolute Gasteiger partial charge is 0.216 e. The lowest BCUT2D eigenvalue weighted by Crippen LogP contribution is -2.46. The van der Waals surface area contributed by atoms with Crippen molar-refractivity contribution in [2.75, 3.05) is 25.0 Å². The summed E-state index contributed by atoms with van der Waals surface area (Å²) in [6.07, 6.45) is 4.91. The average molecular weight is 346 g/mol. The number of hydrogen-bond acceptors (Lipinski definition) is 5. The molecule has 0 spiro atoms. The molecule has 2 fully saturated rings. The second-order valence-electron chi connectivity index (χ2n) is 6.69. The van der Waals surface area contributed by atoms with Crippen LogP contribution in [0.5, 0.6) is 0 Å². The van der Waals surface area contributed by atoms with Gasteiger partial charge in [-0.1, -0.05) is 12.1 Å². The molecular formula is C17H22N4O2S. The Kier molecular flexibility index (Phi) is 3.92. The zero-order valence-corrected chi connectivity index (χ0v) is 14.6. The zero-order valence-electron chi connectivity index (χ0n) is 13.8. The highest BCUT2D eigenvalue weighted by Crippen LogP contribution is 2.33. The first-order valence-corrected chi connectivity index (χ1v) is 9.99. The molecule has 1 aromatic heterocycles. The van der Waals surface area contributed by atoms with E-state index in [1.165, 1.54) is 0 Å². The van der Waals surface area contributed by atoms with E-state index < -0.39 is 10.0 Å². The quantitative estimate of drug-likeness (QED) is 0.847. The van der Waals surface area contributed by atoms with Gasteiger partial charge in [-0.05, 0) is 37.8 Å². The standard InChI is InChI=1S/C17H22N4O2S/c1-20(24(22,23)14-6-7-14)13-8-10-21(11-9-13)17-15-4-2-3-5-16(15)18-12-19-17/h2-5,12-14H,6-11H2,1H3. The van der Waals surface area contributed by atoms with Crippen LogP contribution in [0.15, 0.2) is 30.6 Å². The summed E-state index contributed by atoms with van der Waals surface area (Å²) in [6, 6.07) is 8.10. The van der Waals surface area contributed by atoms with Crippen molar-refractivity contribution in [2.24, 2.45) is 0 Å². The van der Waals surface area contributed by atoms with E-state index in [1.807, 2.05) is 24.3 Å². The highest BCUT2D eigenvalue weighted by molar-refractivity contribution is 7.90. The van der Waals surface area contributed by atoms with Crippen molar-refractivity contribution in [1.82, 2.24) is 14.3 Å². The molecule has 0 unspecified atom stereocenters. The molecule has 1 aromatic carbocycles. The van der Waals surface area contributed by atoms with E-state index in [0.29, 0.717) is 0 Å². The molecule has 4 rings (SSSR count). The molecule has 0 amide bonds. The predicted molar refractivity (Wildman–Crippen MR) is 94.5 cm³/mol. The molecule has 2 aliphatic rings. The van der Waals surface area contributed by atoms with Crippen LogP contribution in [-0.2, 0) is 10.0 Å². The maximum Gasteiger partial charge on any atom is 0.216 e. The predicted octanol–water partition coefficient (Wildman–Crippen LogP) is 2.02. The highest BCUT2D eigenvalue weighted by Gasteiger charge is 2.41. The van der Waals surface area contributed by atoms with Gasteiger partial charge < -0.3 is 4.90 Å². The van der Waals surface area contributed by atoms with Crippen molar-refractivity contribution in [3.63, 3.8) is 0 Å². The second kappa shape index (κ2) is 5.97. The van der Waals surface area contributed by atoms with E-state index >= 15 is 0 Å². The third-order valence-electron chi connectivity index (χ3n) is 5.15. The second-order valence-corrected chi connectivity index (χ2v) is 8.97. The number of nitrogens with zero attached hydrogens (tertiary/aromatic N) is 4. The van der Waals surface area contributed by atoms with Crippen LogP contribution in [0.1, 0.15) is 25.7 Å². The molecule has 2 aromatic rings.